The van der Waals surface area contributed by atoms with Gasteiger partial charge >= 0.3 is 5.97 Å². The highest BCUT2D eigenvalue weighted by molar-refractivity contribution is 8.03. The molecule has 2 amide bonds. The first-order valence-corrected chi connectivity index (χ1v) is 11.7. The van der Waals surface area contributed by atoms with Gasteiger partial charge in [0, 0.05) is 23.3 Å². The van der Waals surface area contributed by atoms with Crippen LogP contribution in [0.15, 0.2) is 45.7 Å². The number of β-lactam (4-membered cyclic amide) rings is 1. The number of amides is 2. The molecule has 33 heavy (non-hydrogen) atoms. The number of carboxylic acid groups (broad SMARTS) is 1. The Balaban J connectivity index is 1.53. The van der Waals surface area contributed by atoms with Gasteiger partial charge in [0.25, 0.3) is 11.8 Å². The number of fused-ring (bicyclic) bond motifs is 1. The minimum atomic E-state index is -1.19. The van der Waals surface area contributed by atoms with Crippen LogP contribution in [-0.4, -0.2) is 63.4 Å². The number of aromatic nitrogens is 2. The Morgan fingerprint density at radius 2 is 2.15 bits per heavy atom. The summed E-state index contributed by atoms with van der Waals surface area (Å²) in [4.78, 5) is 48.4. The molecule has 0 aromatic carbocycles. The lowest BCUT2D eigenvalue weighted by molar-refractivity contribution is -0.687. The van der Waals surface area contributed by atoms with E-state index in [0.717, 1.165) is 16.9 Å². The number of oxime groups is 1. The second kappa shape index (κ2) is 9.19. The number of carbonyl (C=O) groups excluding carboxylic acids is 2. The molecule has 2 unspecified atom stereocenters. The summed E-state index contributed by atoms with van der Waals surface area (Å²) in [7, 11) is 1.29. The van der Waals surface area contributed by atoms with Crippen LogP contribution in [0.3, 0.4) is 0 Å². The summed E-state index contributed by atoms with van der Waals surface area (Å²) in [6.07, 6.45) is 3.72. The maximum atomic E-state index is 12.9. The van der Waals surface area contributed by atoms with E-state index in [1.165, 1.54) is 23.8 Å². The highest BCUT2D eigenvalue weighted by atomic mass is 32.2. The van der Waals surface area contributed by atoms with Crippen molar-refractivity contribution in [3.63, 3.8) is 0 Å². The second-order valence-electron chi connectivity index (χ2n) is 7.36. The zero-order valence-corrected chi connectivity index (χ0v) is 19.4. The van der Waals surface area contributed by atoms with Gasteiger partial charge in [0.2, 0.25) is 0 Å². The molecule has 13 heteroatoms. The molecule has 4 rings (SSSR count). The van der Waals surface area contributed by atoms with E-state index in [0.29, 0.717) is 17.2 Å². The zero-order chi connectivity index (χ0) is 23.7. The fourth-order valence-electron chi connectivity index (χ4n) is 3.59. The third-order valence-corrected chi connectivity index (χ3v) is 7.04. The number of nitrogens with one attached hydrogen (secondary N) is 1. The molecule has 1 fully saturated rings. The Labute approximate surface area is 196 Å². The number of thioether (sulfide) groups is 1. The number of carbonyl (C=O) groups is 3. The molecule has 172 valence electrons. The average Bonchev–Trinajstić information content (AvgIpc) is 3.22. The van der Waals surface area contributed by atoms with Gasteiger partial charge in [-0.05, 0) is 12.5 Å². The normalized spacial score (nSPS) is 20.2. The number of nitrogens with two attached hydrogens (primary N) is 1. The lowest BCUT2D eigenvalue weighted by Crippen LogP contribution is -2.73. The number of anilines is 1. The van der Waals surface area contributed by atoms with E-state index in [1.807, 2.05) is 36.0 Å². The van der Waals surface area contributed by atoms with E-state index < -0.39 is 29.9 Å². The number of pyridine rings is 1. The first-order valence-electron chi connectivity index (χ1n) is 9.81. The van der Waals surface area contributed by atoms with E-state index >= 15 is 0 Å². The molecule has 11 nitrogen and oxygen atoms in total. The molecule has 0 radical (unpaired) electrons. The Kier molecular flexibility index (Phi) is 6.33. The molecule has 4 heterocycles. The van der Waals surface area contributed by atoms with Gasteiger partial charge in [0.1, 0.15) is 24.5 Å². The van der Waals surface area contributed by atoms with Crippen LogP contribution in [0.4, 0.5) is 5.13 Å². The second-order valence-corrected chi connectivity index (χ2v) is 9.36. The molecule has 4 N–H and O–H groups in total. The monoisotopic (exact) mass is 489 g/mol. The summed E-state index contributed by atoms with van der Waals surface area (Å²) in [5, 5.41) is 18.0. The molecular weight excluding hydrogens is 468 g/mol. The van der Waals surface area contributed by atoms with E-state index in [9.17, 15) is 19.5 Å². The van der Waals surface area contributed by atoms with E-state index in [2.05, 4.69) is 15.5 Å². The summed E-state index contributed by atoms with van der Waals surface area (Å²) >= 11 is 2.50. The van der Waals surface area contributed by atoms with Crippen molar-refractivity contribution in [2.24, 2.45) is 5.16 Å². The first kappa shape index (κ1) is 22.7. The van der Waals surface area contributed by atoms with Crippen molar-refractivity contribution in [1.29, 1.82) is 0 Å². The van der Waals surface area contributed by atoms with Gasteiger partial charge in [-0.2, -0.15) is 0 Å². The summed E-state index contributed by atoms with van der Waals surface area (Å²) in [6, 6.07) is 2.47. The van der Waals surface area contributed by atoms with Gasteiger partial charge in [-0.1, -0.05) is 5.16 Å². The number of carboxylic acids is 1. The predicted octanol–water partition coefficient (Wildman–Crippen LogP) is 0.111. The SMILES string of the molecule is CON=C(C(=O)NC1C(=O)N2C(C(=O)O)=C(C[n+]3ccc(C)cc3)SCC12)c1csc(N)n1. The molecule has 2 atom stereocenters. The highest BCUT2D eigenvalue weighted by Gasteiger charge is 2.54. The number of aliphatic carboxylic acids is 1. The van der Waals surface area contributed by atoms with Gasteiger partial charge in [-0.15, -0.1) is 23.1 Å². The smallest absolute Gasteiger partial charge is 0.353 e. The summed E-state index contributed by atoms with van der Waals surface area (Å²) in [5.74, 6) is -1.90. The van der Waals surface area contributed by atoms with Crippen molar-refractivity contribution in [1.82, 2.24) is 15.2 Å². The first-order chi connectivity index (χ1) is 15.8. The van der Waals surface area contributed by atoms with Crippen LogP contribution in [0, 0.1) is 6.92 Å². The van der Waals surface area contributed by atoms with Crippen LogP contribution in [0.5, 0.6) is 0 Å². The third kappa shape index (κ3) is 4.41. The molecule has 2 aliphatic heterocycles. The summed E-state index contributed by atoms with van der Waals surface area (Å²) in [6.45, 7) is 2.29. The van der Waals surface area contributed by atoms with E-state index in [-0.39, 0.29) is 22.2 Å². The molecule has 0 aliphatic carbocycles. The molecule has 0 saturated carbocycles. The standard InChI is InChI=1S/C20H20N6O5S2/c1-10-3-5-25(6-4-10)7-13-16(19(29)30)26-12(9-32-13)15(18(26)28)23-17(27)14(24-31-2)11-8-33-20(21)22-11/h3-6,8,12,15H,7,9H2,1-2H3,(H3-,21,22,23,27,29,30)/p+1. The molecule has 0 spiro atoms. The molecule has 2 aromatic rings. The fourth-order valence-corrected chi connectivity index (χ4v) is 5.41. The Hall–Kier alpha value is -3.45. The molecule has 1 saturated heterocycles. The van der Waals surface area contributed by atoms with Gasteiger partial charge in [0.15, 0.2) is 29.8 Å². The maximum absolute atomic E-state index is 12.9. The molecule has 0 bridgehead atoms. The summed E-state index contributed by atoms with van der Waals surface area (Å²) < 4.78 is 1.86. The molecule has 2 aliphatic rings. The molecular formula is C20H21N6O5S2+. The number of allylic oxidation sites excluding steroid dienone is 1. The van der Waals surface area contributed by atoms with Crippen molar-refractivity contribution in [2.45, 2.75) is 25.6 Å². The lowest BCUT2D eigenvalue weighted by Gasteiger charge is -2.49. The van der Waals surface area contributed by atoms with Gasteiger partial charge in [-0.25, -0.2) is 14.3 Å². The van der Waals surface area contributed by atoms with Crippen LogP contribution < -0.4 is 15.6 Å². The number of hydrogen-bond acceptors (Lipinski definition) is 9. The number of rotatable bonds is 7. The minimum absolute atomic E-state index is 0.0575. The number of aryl methyl sites for hydroxylation is 1. The van der Waals surface area contributed by atoms with Gasteiger partial charge in [-0.3, -0.25) is 14.5 Å². The largest absolute Gasteiger partial charge is 0.477 e. The van der Waals surface area contributed by atoms with Crippen molar-refractivity contribution < 1.29 is 28.9 Å². The summed E-state index contributed by atoms with van der Waals surface area (Å²) in [5.41, 5.74) is 6.77. The van der Waals surface area contributed by atoms with Crippen molar-refractivity contribution in [3.8, 4) is 0 Å². The Morgan fingerprint density at radius 3 is 2.76 bits per heavy atom. The lowest BCUT2D eigenvalue weighted by atomic mass is 9.94. The highest BCUT2D eigenvalue weighted by Crippen LogP contribution is 2.39. The number of nitrogen functional groups attached to an aromatic ring is 1. The van der Waals surface area contributed by atoms with Gasteiger partial charge in [0.05, 0.1) is 10.9 Å². The van der Waals surface area contributed by atoms with Crippen molar-refractivity contribution >= 4 is 51.7 Å². The molecule has 2 aromatic heterocycles. The van der Waals surface area contributed by atoms with Crippen molar-refractivity contribution in [2.75, 3.05) is 18.6 Å². The number of thiazole rings is 1. The topological polar surface area (TPSA) is 151 Å². The number of nitrogens with zero attached hydrogens (tertiary/aromatic N) is 4. The van der Waals surface area contributed by atoms with E-state index in [1.54, 1.807) is 5.38 Å². The Morgan fingerprint density at radius 1 is 1.42 bits per heavy atom. The maximum Gasteiger partial charge on any atom is 0.353 e. The van der Waals surface area contributed by atoms with Crippen LogP contribution in [0.2, 0.25) is 0 Å². The minimum Gasteiger partial charge on any atom is -0.477 e. The average molecular weight is 490 g/mol. The zero-order valence-electron chi connectivity index (χ0n) is 17.7. The van der Waals surface area contributed by atoms with Crippen molar-refractivity contribution in [3.05, 3.63) is 51.8 Å². The van der Waals surface area contributed by atoms with Gasteiger partial charge < -0.3 is 21.0 Å². The van der Waals surface area contributed by atoms with Crippen LogP contribution >= 0.6 is 23.1 Å². The Bertz CT molecular complexity index is 1180. The predicted molar refractivity (Wildman–Crippen MR) is 121 cm³/mol. The van der Waals surface area contributed by atoms with E-state index in [4.69, 9.17) is 10.6 Å². The van der Waals surface area contributed by atoms with Crippen LogP contribution in [-0.2, 0) is 25.8 Å². The third-order valence-electron chi connectivity index (χ3n) is 5.19. The number of hydrogen-bond donors (Lipinski definition) is 3. The fraction of sp³-hybridized carbons (Fsp3) is 0.300. The van der Waals surface area contributed by atoms with Crippen LogP contribution in [0.1, 0.15) is 11.3 Å². The quantitative estimate of drug-likeness (QED) is 0.215. The van der Waals surface area contributed by atoms with Crippen LogP contribution in [0.25, 0.3) is 0 Å².